The minimum absolute atomic E-state index is 1.16. The Morgan fingerprint density at radius 3 is 2.53 bits per heavy atom. The molecule has 0 unspecified atom stereocenters. The van der Waals surface area contributed by atoms with E-state index < -0.39 is 0 Å². The average molecular weight is 338 g/mol. The van der Waals surface area contributed by atoms with Crippen molar-refractivity contribution in [1.82, 2.24) is 0 Å². The first-order chi connectivity index (χ1) is 9.31. The molecule has 1 saturated heterocycles. The molecule has 1 fully saturated rings. The highest BCUT2D eigenvalue weighted by Crippen LogP contribution is 2.19. The lowest BCUT2D eigenvalue weighted by Gasteiger charge is -2.33. The van der Waals surface area contributed by atoms with Crippen molar-refractivity contribution in [2.45, 2.75) is 6.54 Å². The Labute approximate surface area is 126 Å². The van der Waals surface area contributed by atoms with E-state index in [1.54, 1.807) is 4.90 Å². The third-order valence-electron chi connectivity index (χ3n) is 3.64. The summed E-state index contributed by atoms with van der Waals surface area (Å²) >= 11 is 5.39. The Morgan fingerprint density at radius 2 is 1.89 bits per heavy atom. The molecule has 0 radical (unpaired) electrons. The summed E-state index contributed by atoms with van der Waals surface area (Å²) in [5.74, 6) is 0. The highest BCUT2D eigenvalue weighted by molar-refractivity contribution is 9.10. The summed E-state index contributed by atoms with van der Waals surface area (Å²) in [7, 11) is 0. The predicted molar refractivity (Wildman–Crippen MR) is 85.1 cm³/mol. The average Bonchev–Trinajstić information content (AvgIpc) is 2.86. The maximum atomic E-state index is 3.53. The third-order valence-corrected chi connectivity index (χ3v) is 5.34. The molecule has 1 aromatic carbocycles. The van der Waals surface area contributed by atoms with Crippen LogP contribution in [-0.2, 0) is 6.54 Å². The smallest absolute Gasteiger partial charge is 0.112 e. The van der Waals surface area contributed by atoms with Gasteiger partial charge in [0.1, 0.15) is 6.54 Å². The molecule has 100 valence electrons. The molecule has 1 aromatic heterocycles. The van der Waals surface area contributed by atoms with Gasteiger partial charge < -0.3 is 9.80 Å². The summed E-state index contributed by atoms with van der Waals surface area (Å²) in [5.41, 5.74) is 1.36. The molecule has 1 N–H and O–H groups in total. The number of halogens is 1. The highest BCUT2D eigenvalue weighted by Gasteiger charge is 2.20. The lowest BCUT2D eigenvalue weighted by atomic mass is 10.2. The fraction of sp³-hybridized carbons (Fsp3) is 0.333. The van der Waals surface area contributed by atoms with Crippen LogP contribution in [0.25, 0.3) is 0 Å². The van der Waals surface area contributed by atoms with Crippen molar-refractivity contribution in [2.75, 3.05) is 31.1 Å². The number of hydrogen-bond donors (Lipinski definition) is 1. The van der Waals surface area contributed by atoms with Crippen LogP contribution in [0.15, 0.2) is 46.3 Å². The Kier molecular flexibility index (Phi) is 4.21. The summed E-state index contributed by atoms with van der Waals surface area (Å²) in [4.78, 5) is 5.67. The Balaban J connectivity index is 1.55. The van der Waals surface area contributed by atoms with Gasteiger partial charge in [-0.05, 0) is 34.1 Å². The molecule has 0 amide bonds. The number of piperazine rings is 1. The summed E-state index contributed by atoms with van der Waals surface area (Å²) in [5, 5.41) is 2.18. The van der Waals surface area contributed by atoms with Gasteiger partial charge in [0, 0.05) is 15.5 Å². The van der Waals surface area contributed by atoms with Crippen LogP contribution in [0.1, 0.15) is 4.88 Å². The number of anilines is 1. The Hall–Kier alpha value is -0.840. The molecule has 0 aliphatic carbocycles. The van der Waals surface area contributed by atoms with Gasteiger partial charge in [-0.15, -0.1) is 11.3 Å². The number of para-hydroxylation sites is 1. The van der Waals surface area contributed by atoms with Crippen LogP contribution in [0, 0.1) is 0 Å². The predicted octanol–water partition coefficient (Wildman–Crippen LogP) is 2.42. The number of nitrogens with one attached hydrogen (secondary N) is 1. The van der Waals surface area contributed by atoms with E-state index >= 15 is 0 Å². The van der Waals surface area contributed by atoms with Gasteiger partial charge >= 0.3 is 0 Å². The van der Waals surface area contributed by atoms with E-state index in [0.717, 1.165) is 13.1 Å². The van der Waals surface area contributed by atoms with E-state index in [0.29, 0.717) is 0 Å². The van der Waals surface area contributed by atoms with Crippen molar-refractivity contribution in [2.24, 2.45) is 0 Å². The molecule has 2 heterocycles. The molecule has 0 saturated carbocycles. The van der Waals surface area contributed by atoms with Gasteiger partial charge in [0.05, 0.1) is 31.1 Å². The van der Waals surface area contributed by atoms with Crippen molar-refractivity contribution in [3.8, 4) is 0 Å². The van der Waals surface area contributed by atoms with Crippen molar-refractivity contribution in [3.63, 3.8) is 0 Å². The van der Waals surface area contributed by atoms with E-state index in [-0.39, 0.29) is 0 Å². The van der Waals surface area contributed by atoms with Gasteiger partial charge in [-0.1, -0.05) is 18.2 Å². The minimum atomic E-state index is 1.16. The molecular formula is C15H18BrN2S+. The zero-order valence-corrected chi connectivity index (χ0v) is 13.2. The fourth-order valence-electron chi connectivity index (χ4n) is 2.59. The first kappa shape index (κ1) is 13.2. The quantitative estimate of drug-likeness (QED) is 0.903. The maximum Gasteiger partial charge on any atom is 0.112 e. The van der Waals surface area contributed by atoms with Crippen molar-refractivity contribution >= 4 is 33.0 Å². The number of nitrogens with zero attached hydrogens (tertiary/aromatic N) is 1. The van der Waals surface area contributed by atoms with Crippen LogP contribution < -0.4 is 9.80 Å². The van der Waals surface area contributed by atoms with Gasteiger partial charge in [0.15, 0.2) is 0 Å². The number of quaternary nitrogens is 1. The number of thiophene rings is 1. The summed E-state index contributed by atoms with van der Waals surface area (Å²) < 4.78 is 1.22. The third kappa shape index (κ3) is 3.38. The van der Waals surface area contributed by atoms with Gasteiger partial charge in [-0.3, -0.25) is 0 Å². The van der Waals surface area contributed by atoms with Crippen molar-refractivity contribution < 1.29 is 4.90 Å². The summed E-state index contributed by atoms with van der Waals surface area (Å²) in [6.07, 6.45) is 0. The molecule has 0 atom stereocenters. The van der Waals surface area contributed by atoms with Crippen LogP contribution in [0.2, 0.25) is 0 Å². The molecule has 2 aromatic rings. The molecule has 0 spiro atoms. The van der Waals surface area contributed by atoms with E-state index in [9.17, 15) is 0 Å². The Morgan fingerprint density at radius 1 is 1.16 bits per heavy atom. The van der Waals surface area contributed by atoms with Crippen LogP contribution >= 0.6 is 27.3 Å². The van der Waals surface area contributed by atoms with E-state index in [1.165, 1.54) is 34.7 Å². The van der Waals surface area contributed by atoms with Crippen LogP contribution in [0.3, 0.4) is 0 Å². The molecule has 4 heteroatoms. The lowest BCUT2D eigenvalue weighted by Crippen LogP contribution is -3.13. The first-order valence-corrected chi connectivity index (χ1v) is 8.35. The fourth-order valence-corrected chi connectivity index (χ4v) is 4.11. The largest absolute Gasteiger partial charge is 0.360 e. The zero-order chi connectivity index (χ0) is 13.1. The van der Waals surface area contributed by atoms with E-state index in [2.05, 4.69) is 62.6 Å². The zero-order valence-electron chi connectivity index (χ0n) is 10.8. The second-order valence-corrected chi connectivity index (χ2v) is 6.89. The second-order valence-electron chi connectivity index (χ2n) is 4.98. The van der Waals surface area contributed by atoms with Crippen LogP contribution in [0.5, 0.6) is 0 Å². The molecule has 1 aliphatic rings. The molecule has 2 nitrogen and oxygen atoms in total. The lowest BCUT2D eigenvalue weighted by molar-refractivity contribution is -0.914. The Bertz CT molecular complexity index is 518. The van der Waals surface area contributed by atoms with Gasteiger partial charge in [-0.2, -0.15) is 0 Å². The van der Waals surface area contributed by atoms with Gasteiger partial charge in [-0.25, -0.2) is 0 Å². The summed E-state index contributed by atoms with van der Waals surface area (Å²) in [6, 6.07) is 13.0. The normalized spacial score (nSPS) is 16.8. The SMILES string of the molecule is Brc1csc(C[NH+]2CCN(c3ccccc3)CC2)c1. The second kappa shape index (κ2) is 6.07. The molecular weight excluding hydrogens is 320 g/mol. The topological polar surface area (TPSA) is 7.68 Å². The standard InChI is InChI=1S/C15H17BrN2S/c16-13-10-15(19-12-13)11-17-6-8-18(9-7-17)14-4-2-1-3-5-14/h1-5,10,12H,6-9,11H2/p+1. The van der Waals surface area contributed by atoms with Crippen molar-refractivity contribution in [3.05, 3.63) is 51.1 Å². The van der Waals surface area contributed by atoms with E-state index in [4.69, 9.17) is 0 Å². The first-order valence-electron chi connectivity index (χ1n) is 6.68. The van der Waals surface area contributed by atoms with Crippen LogP contribution in [-0.4, -0.2) is 26.2 Å². The maximum absolute atomic E-state index is 3.53. The number of hydrogen-bond acceptors (Lipinski definition) is 2. The molecule has 3 rings (SSSR count). The van der Waals surface area contributed by atoms with Gasteiger partial charge in [0.2, 0.25) is 0 Å². The highest BCUT2D eigenvalue weighted by atomic mass is 79.9. The molecule has 19 heavy (non-hydrogen) atoms. The van der Waals surface area contributed by atoms with E-state index in [1.807, 2.05) is 11.3 Å². The molecule has 0 bridgehead atoms. The monoisotopic (exact) mass is 337 g/mol. The minimum Gasteiger partial charge on any atom is -0.360 e. The number of rotatable bonds is 3. The van der Waals surface area contributed by atoms with Crippen molar-refractivity contribution in [1.29, 1.82) is 0 Å². The summed E-state index contributed by atoms with van der Waals surface area (Å²) in [6.45, 7) is 5.94. The van der Waals surface area contributed by atoms with Gasteiger partial charge in [0.25, 0.3) is 0 Å². The van der Waals surface area contributed by atoms with Crippen LogP contribution in [0.4, 0.5) is 5.69 Å². The molecule has 1 aliphatic heterocycles. The number of benzene rings is 1.